The fraction of sp³-hybridized carbons (Fsp3) is 0.909. The third-order valence-corrected chi connectivity index (χ3v) is 3.11. The lowest BCUT2D eigenvalue weighted by Crippen LogP contribution is -2.39. The summed E-state index contributed by atoms with van der Waals surface area (Å²) in [7, 11) is 0. The maximum Gasteiger partial charge on any atom is 0.227 e. The van der Waals surface area contributed by atoms with Gasteiger partial charge in [-0.05, 0) is 25.8 Å². The Balaban J connectivity index is 2.48. The van der Waals surface area contributed by atoms with E-state index >= 15 is 0 Å². The van der Waals surface area contributed by atoms with E-state index in [-0.39, 0.29) is 18.4 Å². The minimum Gasteiger partial charge on any atom is -0.396 e. The molecule has 1 amide bonds. The first-order valence-electron chi connectivity index (χ1n) is 5.81. The summed E-state index contributed by atoms with van der Waals surface area (Å²) in [5.74, 6) is 0.799. The number of nitrogens with one attached hydrogen (secondary N) is 1. The van der Waals surface area contributed by atoms with Crippen LogP contribution in [0.4, 0.5) is 0 Å². The average molecular weight is 214 g/mol. The second-order valence-electron chi connectivity index (χ2n) is 4.24. The number of nitrogens with zero attached hydrogens (tertiary/aromatic N) is 1. The highest BCUT2D eigenvalue weighted by Gasteiger charge is 2.31. The Hall–Kier alpha value is -0.610. The van der Waals surface area contributed by atoms with E-state index < -0.39 is 0 Å². The Labute approximate surface area is 91.6 Å². The van der Waals surface area contributed by atoms with Crippen molar-refractivity contribution in [2.24, 2.45) is 11.8 Å². The van der Waals surface area contributed by atoms with E-state index in [1.807, 2.05) is 11.8 Å². The van der Waals surface area contributed by atoms with Crippen LogP contribution in [0, 0.1) is 11.8 Å². The highest BCUT2D eigenvalue weighted by Crippen LogP contribution is 2.18. The molecule has 1 aliphatic heterocycles. The van der Waals surface area contributed by atoms with Crippen LogP contribution in [0.3, 0.4) is 0 Å². The SMILES string of the molecule is CCN(CCCO)C(=O)C1CNCC1C. The first-order chi connectivity index (χ1) is 7.20. The van der Waals surface area contributed by atoms with Gasteiger partial charge in [-0.25, -0.2) is 0 Å². The van der Waals surface area contributed by atoms with Crippen LogP contribution in [0.5, 0.6) is 0 Å². The molecule has 88 valence electrons. The summed E-state index contributed by atoms with van der Waals surface area (Å²) in [6.07, 6.45) is 0.675. The maximum absolute atomic E-state index is 12.1. The van der Waals surface area contributed by atoms with Gasteiger partial charge in [-0.1, -0.05) is 6.92 Å². The number of aliphatic hydroxyl groups is 1. The van der Waals surface area contributed by atoms with Crippen molar-refractivity contribution in [3.05, 3.63) is 0 Å². The predicted octanol–water partition coefficient (Wildman–Crippen LogP) is 0.0728. The van der Waals surface area contributed by atoms with Crippen molar-refractivity contribution in [1.29, 1.82) is 0 Å². The summed E-state index contributed by atoms with van der Waals surface area (Å²) in [5, 5.41) is 12.0. The molecule has 0 aromatic rings. The standard InChI is InChI=1S/C11H22N2O2/c1-3-13(5-4-6-14)11(15)10-8-12-7-9(10)2/h9-10,12,14H,3-8H2,1-2H3. The third-order valence-electron chi connectivity index (χ3n) is 3.11. The quantitative estimate of drug-likeness (QED) is 0.681. The zero-order chi connectivity index (χ0) is 11.3. The summed E-state index contributed by atoms with van der Waals surface area (Å²) in [4.78, 5) is 13.9. The topological polar surface area (TPSA) is 52.6 Å². The van der Waals surface area contributed by atoms with Gasteiger partial charge in [0.05, 0.1) is 5.92 Å². The fourth-order valence-corrected chi connectivity index (χ4v) is 2.06. The molecule has 0 aliphatic carbocycles. The molecule has 1 fully saturated rings. The molecule has 2 atom stereocenters. The van der Waals surface area contributed by atoms with Crippen LogP contribution in [0.25, 0.3) is 0 Å². The van der Waals surface area contributed by atoms with Crippen LogP contribution in [0.1, 0.15) is 20.3 Å². The zero-order valence-corrected chi connectivity index (χ0v) is 9.70. The first-order valence-corrected chi connectivity index (χ1v) is 5.81. The predicted molar refractivity (Wildman–Crippen MR) is 59.5 cm³/mol. The lowest BCUT2D eigenvalue weighted by atomic mass is 9.96. The van der Waals surface area contributed by atoms with Crippen LogP contribution < -0.4 is 5.32 Å². The molecule has 4 heteroatoms. The Kier molecular flexibility index (Phi) is 5.05. The van der Waals surface area contributed by atoms with Crippen molar-refractivity contribution in [2.75, 3.05) is 32.8 Å². The third kappa shape index (κ3) is 3.18. The van der Waals surface area contributed by atoms with E-state index in [0.717, 1.165) is 19.6 Å². The molecule has 1 rings (SSSR count). The minimum atomic E-state index is 0.128. The summed E-state index contributed by atoms with van der Waals surface area (Å²) in [6, 6.07) is 0. The van der Waals surface area contributed by atoms with Crippen molar-refractivity contribution >= 4 is 5.91 Å². The summed E-state index contributed by atoms with van der Waals surface area (Å²) >= 11 is 0. The Morgan fingerprint density at radius 3 is 2.73 bits per heavy atom. The van der Waals surface area contributed by atoms with Crippen LogP contribution in [0.15, 0.2) is 0 Å². The van der Waals surface area contributed by atoms with E-state index in [1.54, 1.807) is 0 Å². The minimum absolute atomic E-state index is 0.128. The molecule has 0 aromatic heterocycles. The van der Waals surface area contributed by atoms with Gasteiger partial charge in [0.25, 0.3) is 0 Å². The molecule has 0 spiro atoms. The van der Waals surface area contributed by atoms with E-state index in [9.17, 15) is 4.79 Å². The Bertz CT molecular complexity index is 209. The highest BCUT2D eigenvalue weighted by molar-refractivity contribution is 5.79. The van der Waals surface area contributed by atoms with Gasteiger partial charge in [-0.3, -0.25) is 4.79 Å². The van der Waals surface area contributed by atoms with E-state index in [2.05, 4.69) is 12.2 Å². The molecule has 1 heterocycles. The average Bonchev–Trinajstić information content (AvgIpc) is 2.65. The van der Waals surface area contributed by atoms with Gasteiger partial charge < -0.3 is 15.3 Å². The largest absolute Gasteiger partial charge is 0.396 e. The number of aliphatic hydroxyl groups excluding tert-OH is 1. The lowest BCUT2D eigenvalue weighted by Gasteiger charge is -2.25. The second-order valence-corrected chi connectivity index (χ2v) is 4.24. The van der Waals surface area contributed by atoms with Crippen LogP contribution in [0.2, 0.25) is 0 Å². The second kappa shape index (κ2) is 6.08. The van der Waals surface area contributed by atoms with Gasteiger partial charge in [-0.15, -0.1) is 0 Å². The molecule has 1 saturated heterocycles. The monoisotopic (exact) mass is 214 g/mol. The van der Waals surface area contributed by atoms with E-state index in [1.165, 1.54) is 0 Å². The molecular weight excluding hydrogens is 192 g/mol. The molecule has 0 radical (unpaired) electrons. The van der Waals surface area contributed by atoms with Gasteiger partial charge >= 0.3 is 0 Å². The molecule has 0 saturated carbocycles. The Morgan fingerprint density at radius 2 is 2.27 bits per heavy atom. The molecule has 2 unspecified atom stereocenters. The van der Waals surface area contributed by atoms with Gasteiger partial charge in [-0.2, -0.15) is 0 Å². The number of rotatable bonds is 5. The van der Waals surface area contributed by atoms with Gasteiger partial charge in [0.1, 0.15) is 0 Å². The fourth-order valence-electron chi connectivity index (χ4n) is 2.06. The summed E-state index contributed by atoms with van der Waals surface area (Å²) in [5.41, 5.74) is 0. The normalized spacial score (nSPS) is 25.5. The van der Waals surface area contributed by atoms with Gasteiger partial charge in [0, 0.05) is 26.2 Å². The number of hydrogen-bond acceptors (Lipinski definition) is 3. The lowest BCUT2D eigenvalue weighted by molar-refractivity contribution is -0.135. The molecule has 0 aromatic carbocycles. The summed E-state index contributed by atoms with van der Waals surface area (Å²) < 4.78 is 0. The van der Waals surface area contributed by atoms with Crippen molar-refractivity contribution in [3.63, 3.8) is 0 Å². The number of carbonyl (C=O) groups excluding carboxylic acids is 1. The van der Waals surface area contributed by atoms with Crippen LogP contribution in [-0.4, -0.2) is 48.7 Å². The number of carbonyl (C=O) groups is 1. The van der Waals surface area contributed by atoms with Gasteiger partial charge in [0.15, 0.2) is 0 Å². The summed E-state index contributed by atoms with van der Waals surface area (Å²) in [6.45, 7) is 7.41. The van der Waals surface area contributed by atoms with Crippen LogP contribution in [-0.2, 0) is 4.79 Å². The number of hydrogen-bond donors (Lipinski definition) is 2. The number of amides is 1. The molecule has 0 bridgehead atoms. The van der Waals surface area contributed by atoms with E-state index in [0.29, 0.717) is 18.9 Å². The van der Waals surface area contributed by atoms with Crippen LogP contribution >= 0.6 is 0 Å². The molecule has 1 aliphatic rings. The maximum atomic E-state index is 12.1. The zero-order valence-electron chi connectivity index (χ0n) is 9.70. The van der Waals surface area contributed by atoms with Crippen molar-refractivity contribution in [2.45, 2.75) is 20.3 Å². The van der Waals surface area contributed by atoms with Gasteiger partial charge in [0.2, 0.25) is 5.91 Å². The van der Waals surface area contributed by atoms with Crippen molar-refractivity contribution < 1.29 is 9.90 Å². The Morgan fingerprint density at radius 1 is 1.53 bits per heavy atom. The molecule has 2 N–H and O–H groups in total. The smallest absolute Gasteiger partial charge is 0.227 e. The van der Waals surface area contributed by atoms with Crippen molar-refractivity contribution in [1.82, 2.24) is 10.2 Å². The first kappa shape index (κ1) is 12.5. The molecule has 4 nitrogen and oxygen atoms in total. The highest BCUT2D eigenvalue weighted by atomic mass is 16.3. The van der Waals surface area contributed by atoms with E-state index in [4.69, 9.17) is 5.11 Å². The van der Waals surface area contributed by atoms with Crippen molar-refractivity contribution in [3.8, 4) is 0 Å². The molecule has 15 heavy (non-hydrogen) atoms. The molecular formula is C11H22N2O2.